The molecule has 0 aliphatic rings. The quantitative estimate of drug-likeness (QED) is 0.825. The maximum absolute atomic E-state index is 12.2. The van der Waals surface area contributed by atoms with Crippen molar-refractivity contribution in [3.8, 4) is 0 Å². The average Bonchev–Trinajstić information content (AvgIpc) is 2.35. The molecule has 0 atom stereocenters. The van der Waals surface area contributed by atoms with E-state index in [4.69, 9.17) is 5.73 Å². The summed E-state index contributed by atoms with van der Waals surface area (Å²) in [5, 5.41) is 0. The second-order valence-corrected chi connectivity index (χ2v) is 6.48. The minimum atomic E-state index is -3.44. The monoisotopic (exact) mass is 270 g/mol. The van der Waals surface area contributed by atoms with Crippen molar-refractivity contribution in [1.82, 2.24) is 4.72 Å². The van der Waals surface area contributed by atoms with E-state index in [2.05, 4.69) is 4.72 Å². The summed E-state index contributed by atoms with van der Waals surface area (Å²) in [6, 6.07) is 5.38. The molecule has 0 radical (unpaired) electrons. The highest BCUT2D eigenvalue weighted by atomic mass is 32.2. The fraction of sp³-hybridized carbons (Fsp3) is 0.538. The molecule has 18 heavy (non-hydrogen) atoms. The van der Waals surface area contributed by atoms with Crippen molar-refractivity contribution in [1.29, 1.82) is 0 Å². The lowest BCUT2D eigenvalue weighted by Crippen LogP contribution is -2.28. The molecule has 0 unspecified atom stereocenters. The summed E-state index contributed by atoms with van der Waals surface area (Å²) >= 11 is 0. The SMILES string of the molecule is CCc1ccc(CN)cc1S(=O)(=O)NCC(C)C. The molecule has 1 aromatic carbocycles. The van der Waals surface area contributed by atoms with Gasteiger partial charge in [0.1, 0.15) is 0 Å². The molecule has 3 N–H and O–H groups in total. The Hall–Kier alpha value is -0.910. The first-order valence-electron chi connectivity index (χ1n) is 6.22. The van der Waals surface area contributed by atoms with Gasteiger partial charge in [-0.2, -0.15) is 0 Å². The molecular weight excluding hydrogens is 248 g/mol. The zero-order valence-corrected chi connectivity index (χ0v) is 12.0. The average molecular weight is 270 g/mol. The standard InChI is InChI=1S/C13H22N2O2S/c1-4-12-6-5-11(8-14)7-13(12)18(16,17)15-9-10(2)3/h5-7,10,15H,4,8-9,14H2,1-3H3. The zero-order chi connectivity index (χ0) is 13.8. The molecule has 0 amide bonds. The molecule has 4 nitrogen and oxygen atoms in total. The van der Waals surface area contributed by atoms with Crippen molar-refractivity contribution in [3.05, 3.63) is 29.3 Å². The van der Waals surface area contributed by atoms with E-state index in [9.17, 15) is 8.42 Å². The number of nitrogens with two attached hydrogens (primary N) is 1. The summed E-state index contributed by atoms with van der Waals surface area (Å²) in [7, 11) is -3.44. The van der Waals surface area contributed by atoms with Crippen LogP contribution in [-0.2, 0) is 23.0 Å². The van der Waals surface area contributed by atoms with Crippen LogP contribution in [0.1, 0.15) is 31.9 Å². The first-order chi connectivity index (χ1) is 8.40. The summed E-state index contributed by atoms with van der Waals surface area (Å²) in [5.74, 6) is 0.280. The minimum Gasteiger partial charge on any atom is -0.326 e. The molecule has 102 valence electrons. The number of benzene rings is 1. The fourth-order valence-corrected chi connectivity index (χ4v) is 3.19. The van der Waals surface area contributed by atoms with Crippen molar-refractivity contribution in [2.75, 3.05) is 6.54 Å². The molecule has 0 spiro atoms. The van der Waals surface area contributed by atoms with Crippen LogP contribution in [0.2, 0.25) is 0 Å². The van der Waals surface area contributed by atoms with E-state index in [1.165, 1.54) is 0 Å². The van der Waals surface area contributed by atoms with Crippen molar-refractivity contribution in [2.45, 2.75) is 38.6 Å². The molecule has 0 fully saturated rings. The van der Waals surface area contributed by atoms with Gasteiger partial charge in [0.2, 0.25) is 10.0 Å². The zero-order valence-electron chi connectivity index (χ0n) is 11.2. The van der Waals surface area contributed by atoms with Crippen molar-refractivity contribution >= 4 is 10.0 Å². The smallest absolute Gasteiger partial charge is 0.240 e. The van der Waals surface area contributed by atoms with Crippen LogP contribution in [0.3, 0.4) is 0 Å². The molecule has 1 rings (SSSR count). The van der Waals surface area contributed by atoms with Gasteiger partial charge in [0, 0.05) is 13.1 Å². The molecule has 0 aliphatic heterocycles. The summed E-state index contributed by atoms with van der Waals surface area (Å²) < 4.78 is 27.1. The van der Waals surface area contributed by atoms with E-state index in [0.29, 0.717) is 24.4 Å². The molecule has 0 bridgehead atoms. The third-order valence-electron chi connectivity index (χ3n) is 2.72. The van der Waals surface area contributed by atoms with Crippen molar-refractivity contribution < 1.29 is 8.42 Å². The van der Waals surface area contributed by atoms with Crippen LogP contribution in [0.25, 0.3) is 0 Å². The summed E-state index contributed by atoms with van der Waals surface area (Å²) in [6.45, 7) is 6.67. The van der Waals surface area contributed by atoms with Crippen LogP contribution in [0.5, 0.6) is 0 Å². The van der Waals surface area contributed by atoms with Crippen LogP contribution in [0, 0.1) is 5.92 Å². The van der Waals surface area contributed by atoms with Gasteiger partial charge in [0.05, 0.1) is 4.90 Å². The van der Waals surface area contributed by atoms with Crippen LogP contribution >= 0.6 is 0 Å². The second-order valence-electron chi connectivity index (χ2n) is 4.75. The Balaban J connectivity index is 3.12. The number of nitrogens with one attached hydrogen (secondary N) is 1. The highest BCUT2D eigenvalue weighted by Crippen LogP contribution is 2.18. The normalized spacial score (nSPS) is 12.1. The Labute approximate surface area is 110 Å². The predicted octanol–water partition coefficient (Wildman–Crippen LogP) is 1.64. The molecule has 0 saturated carbocycles. The lowest BCUT2D eigenvalue weighted by atomic mass is 10.1. The lowest BCUT2D eigenvalue weighted by Gasteiger charge is -2.13. The number of hydrogen-bond acceptors (Lipinski definition) is 3. The number of rotatable bonds is 6. The third kappa shape index (κ3) is 3.80. The van der Waals surface area contributed by atoms with Gasteiger partial charge in [-0.05, 0) is 29.5 Å². The van der Waals surface area contributed by atoms with Gasteiger partial charge in [0.15, 0.2) is 0 Å². The highest BCUT2D eigenvalue weighted by molar-refractivity contribution is 7.89. The number of sulfonamides is 1. The summed E-state index contributed by atoms with van der Waals surface area (Å²) in [5.41, 5.74) is 7.21. The molecular formula is C13H22N2O2S. The Bertz CT molecular complexity index is 496. The first-order valence-corrected chi connectivity index (χ1v) is 7.70. The van der Waals surface area contributed by atoms with Crippen molar-refractivity contribution in [2.24, 2.45) is 11.7 Å². The van der Waals surface area contributed by atoms with E-state index < -0.39 is 10.0 Å². The van der Waals surface area contributed by atoms with Crippen LogP contribution < -0.4 is 10.5 Å². The van der Waals surface area contributed by atoms with Gasteiger partial charge in [-0.1, -0.05) is 32.9 Å². The van der Waals surface area contributed by atoms with E-state index in [1.807, 2.05) is 32.9 Å². The minimum absolute atomic E-state index is 0.280. The Morgan fingerprint density at radius 1 is 1.33 bits per heavy atom. The van der Waals surface area contributed by atoms with Gasteiger partial charge < -0.3 is 5.73 Å². The maximum Gasteiger partial charge on any atom is 0.240 e. The van der Waals surface area contributed by atoms with Gasteiger partial charge in [-0.3, -0.25) is 0 Å². The summed E-state index contributed by atoms with van der Waals surface area (Å²) in [6.07, 6.45) is 0.683. The second kappa shape index (κ2) is 6.31. The number of aryl methyl sites for hydroxylation is 1. The van der Waals surface area contributed by atoms with E-state index in [1.54, 1.807) is 6.07 Å². The first kappa shape index (κ1) is 15.1. The van der Waals surface area contributed by atoms with Gasteiger partial charge >= 0.3 is 0 Å². The Morgan fingerprint density at radius 2 is 2.00 bits per heavy atom. The van der Waals surface area contributed by atoms with E-state index >= 15 is 0 Å². The van der Waals surface area contributed by atoms with E-state index in [0.717, 1.165) is 11.1 Å². The largest absolute Gasteiger partial charge is 0.326 e. The Morgan fingerprint density at radius 3 is 2.50 bits per heavy atom. The topological polar surface area (TPSA) is 72.2 Å². The predicted molar refractivity (Wildman–Crippen MR) is 73.7 cm³/mol. The third-order valence-corrected chi connectivity index (χ3v) is 4.23. The van der Waals surface area contributed by atoms with Crippen molar-refractivity contribution in [3.63, 3.8) is 0 Å². The fourth-order valence-electron chi connectivity index (χ4n) is 1.62. The van der Waals surface area contributed by atoms with E-state index in [-0.39, 0.29) is 5.92 Å². The van der Waals surface area contributed by atoms with Crippen LogP contribution in [-0.4, -0.2) is 15.0 Å². The molecule has 0 aromatic heterocycles. The number of hydrogen-bond donors (Lipinski definition) is 2. The lowest BCUT2D eigenvalue weighted by molar-refractivity contribution is 0.559. The van der Waals surface area contributed by atoms with Gasteiger partial charge in [-0.25, -0.2) is 13.1 Å². The van der Waals surface area contributed by atoms with Gasteiger partial charge in [-0.15, -0.1) is 0 Å². The highest BCUT2D eigenvalue weighted by Gasteiger charge is 2.18. The molecule has 5 heteroatoms. The molecule has 0 saturated heterocycles. The Kier molecular flexibility index (Phi) is 5.31. The van der Waals surface area contributed by atoms with Crippen LogP contribution in [0.15, 0.2) is 23.1 Å². The summed E-state index contributed by atoms with van der Waals surface area (Å²) in [4.78, 5) is 0.355. The molecule has 0 aliphatic carbocycles. The molecule has 0 heterocycles. The van der Waals surface area contributed by atoms with Crippen LogP contribution in [0.4, 0.5) is 0 Å². The molecule has 1 aromatic rings. The maximum atomic E-state index is 12.2. The van der Waals surface area contributed by atoms with Gasteiger partial charge in [0.25, 0.3) is 0 Å².